The fourth-order valence-electron chi connectivity index (χ4n) is 3.95. The van der Waals surface area contributed by atoms with E-state index < -0.39 is 10.0 Å². The molecule has 2 aromatic rings. The summed E-state index contributed by atoms with van der Waals surface area (Å²) in [4.78, 5) is 15.6. The average molecular weight is 494 g/mol. The third-order valence-electron chi connectivity index (χ3n) is 6.04. The number of halogens is 1. The van der Waals surface area contributed by atoms with Crippen molar-refractivity contribution >= 4 is 45.0 Å². The molecule has 2 aliphatic rings. The van der Waals surface area contributed by atoms with E-state index in [0.29, 0.717) is 23.9 Å². The molecule has 1 unspecified atom stereocenters. The van der Waals surface area contributed by atoms with E-state index in [1.165, 1.54) is 5.56 Å². The van der Waals surface area contributed by atoms with Crippen LogP contribution in [0, 0.1) is 11.8 Å². The molecule has 6 nitrogen and oxygen atoms in total. The Morgan fingerprint density at radius 2 is 1.88 bits per heavy atom. The van der Waals surface area contributed by atoms with Gasteiger partial charge in [-0.1, -0.05) is 30.7 Å². The molecule has 0 radical (unpaired) electrons. The van der Waals surface area contributed by atoms with E-state index in [0.717, 1.165) is 42.4 Å². The summed E-state index contributed by atoms with van der Waals surface area (Å²) in [7, 11) is -3.64. The number of benzene rings is 2. The number of rotatable bonds is 6. The minimum atomic E-state index is -3.64. The van der Waals surface area contributed by atoms with E-state index in [9.17, 15) is 13.2 Å². The molecule has 172 valence electrons. The van der Waals surface area contributed by atoms with Gasteiger partial charge in [-0.05, 0) is 67.7 Å². The quantitative estimate of drug-likeness (QED) is 0.630. The summed E-state index contributed by atoms with van der Waals surface area (Å²) < 4.78 is 28.5. The summed E-state index contributed by atoms with van der Waals surface area (Å²) in [6, 6.07) is 12.9. The number of likely N-dealkylation sites (tertiary alicyclic amines) is 1. The summed E-state index contributed by atoms with van der Waals surface area (Å²) in [5.41, 5.74) is 1.80. The number of hydrogen-bond acceptors (Lipinski definition) is 5. The Morgan fingerprint density at radius 1 is 1.16 bits per heavy atom. The fourth-order valence-corrected chi connectivity index (χ4v) is 6.23. The van der Waals surface area contributed by atoms with Crippen LogP contribution in [0.1, 0.15) is 25.3 Å². The molecule has 2 aliphatic heterocycles. The van der Waals surface area contributed by atoms with Crippen LogP contribution in [0.25, 0.3) is 0 Å². The highest BCUT2D eigenvalue weighted by Gasteiger charge is 2.25. The topological polar surface area (TPSA) is 78.5 Å². The molecule has 9 heteroatoms. The summed E-state index contributed by atoms with van der Waals surface area (Å²) in [6.45, 7) is 5.05. The van der Waals surface area contributed by atoms with Crippen molar-refractivity contribution in [3.63, 3.8) is 0 Å². The van der Waals surface area contributed by atoms with Crippen molar-refractivity contribution in [1.82, 2.24) is 9.62 Å². The first-order valence-corrected chi connectivity index (χ1v) is 13.7. The molecule has 2 heterocycles. The minimum absolute atomic E-state index is 0.0795. The number of anilines is 1. The van der Waals surface area contributed by atoms with E-state index >= 15 is 0 Å². The van der Waals surface area contributed by atoms with E-state index in [1.54, 1.807) is 30.0 Å². The number of nitrogens with one attached hydrogen (secondary N) is 2. The number of nitrogens with zero attached hydrogens (tertiary/aromatic N) is 1. The molecule has 1 fully saturated rings. The predicted octanol–water partition coefficient (Wildman–Crippen LogP) is 4.21. The van der Waals surface area contributed by atoms with Crippen LogP contribution in [0.15, 0.2) is 52.3 Å². The number of piperidine rings is 1. The first-order chi connectivity index (χ1) is 15.3. The van der Waals surface area contributed by atoms with Crippen LogP contribution in [0.2, 0.25) is 5.02 Å². The van der Waals surface area contributed by atoms with E-state index in [1.807, 2.05) is 31.2 Å². The normalized spacial score (nSPS) is 20.4. The number of carbonyl (C=O) groups excluding carboxylic acids is 1. The van der Waals surface area contributed by atoms with Crippen molar-refractivity contribution in [2.75, 3.05) is 30.7 Å². The number of fused-ring (bicyclic) bond motifs is 1. The fraction of sp³-hybridized carbons (Fsp3) is 0.435. The summed E-state index contributed by atoms with van der Waals surface area (Å²) in [5, 5.41) is 3.59. The average Bonchev–Trinajstić information content (AvgIpc) is 2.92. The Labute approximate surface area is 199 Å². The Kier molecular flexibility index (Phi) is 7.47. The molecular weight excluding hydrogens is 466 g/mol. The van der Waals surface area contributed by atoms with Crippen LogP contribution in [0.3, 0.4) is 0 Å². The molecule has 4 rings (SSSR count). The third kappa shape index (κ3) is 5.85. The van der Waals surface area contributed by atoms with Crippen LogP contribution in [-0.4, -0.2) is 44.6 Å². The van der Waals surface area contributed by atoms with Crippen molar-refractivity contribution < 1.29 is 13.2 Å². The maximum Gasteiger partial charge on any atom is 0.240 e. The zero-order valence-corrected chi connectivity index (χ0v) is 20.4. The molecule has 0 bridgehead atoms. The molecule has 1 amide bonds. The lowest BCUT2D eigenvalue weighted by molar-refractivity contribution is -0.118. The van der Waals surface area contributed by atoms with Crippen LogP contribution < -0.4 is 10.0 Å². The first kappa shape index (κ1) is 23.6. The van der Waals surface area contributed by atoms with Gasteiger partial charge in [-0.3, -0.25) is 9.69 Å². The van der Waals surface area contributed by atoms with Crippen molar-refractivity contribution in [3.8, 4) is 0 Å². The summed E-state index contributed by atoms with van der Waals surface area (Å²) in [5.74, 6) is 0.795. The number of thioether (sulfide) groups is 1. The monoisotopic (exact) mass is 493 g/mol. The van der Waals surface area contributed by atoms with Crippen molar-refractivity contribution in [2.24, 2.45) is 11.8 Å². The van der Waals surface area contributed by atoms with Crippen molar-refractivity contribution in [2.45, 2.75) is 36.1 Å². The van der Waals surface area contributed by atoms with Gasteiger partial charge in [0.1, 0.15) is 0 Å². The highest BCUT2D eigenvalue weighted by molar-refractivity contribution is 7.99. The summed E-state index contributed by atoms with van der Waals surface area (Å²) >= 11 is 7.52. The van der Waals surface area contributed by atoms with Gasteiger partial charge in [0.2, 0.25) is 15.9 Å². The number of carbonyl (C=O) groups is 1. The van der Waals surface area contributed by atoms with Gasteiger partial charge >= 0.3 is 0 Å². The molecule has 2 N–H and O–H groups in total. The second-order valence-corrected chi connectivity index (χ2v) is 11.8. The lowest BCUT2D eigenvalue weighted by atomic mass is 9.97. The zero-order valence-electron chi connectivity index (χ0n) is 18.0. The van der Waals surface area contributed by atoms with E-state index in [-0.39, 0.29) is 16.7 Å². The molecule has 0 aliphatic carbocycles. The van der Waals surface area contributed by atoms with Gasteiger partial charge < -0.3 is 5.32 Å². The Hall–Kier alpha value is -1.58. The van der Waals surface area contributed by atoms with Crippen LogP contribution in [0.5, 0.6) is 0 Å². The third-order valence-corrected chi connectivity index (χ3v) is 9.05. The smallest absolute Gasteiger partial charge is 0.240 e. The minimum Gasteiger partial charge on any atom is -0.325 e. The SMILES string of the molecule is CC1CSc2ccc(S(=O)(=O)NCC3CCN(Cc4ccc(Cl)cc4)CC3)cc2NC1=O. The van der Waals surface area contributed by atoms with Crippen molar-refractivity contribution in [3.05, 3.63) is 53.1 Å². The van der Waals surface area contributed by atoms with Gasteiger partial charge in [-0.15, -0.1) is 11.8 Å². The maximum absolute atomic E-state index is 12.9. The molecule has 1 saturated heterocycles. The second-order valence-electron chi connectivity index (χ2n) is 8.56. The van der Waals surface area contributed by atoms with Crippen LogP contribution in [0.4, 0.5) is 5.69 Å². The van der Waals surface area contributed by atoms with Crippen LogP contribution >= 0.6 is 23.4 Å². The molecule has 2 aromatic carbocycles. The molecule has 0 aromatic heterocycles. The van der Waals surface area contributed by atoms with Gasteiger partial charge in [-0.2, -0.15) is 0 Å². The largest absolute Gasteiger partial charge is 0.325 e. The predicted molar refractivity (Wildman–Crippen MR) is 130 cm³/mol. The van der Waals surface area contributed by atoms with E-state index in [4.69, 9.17) is 11.6 Å². The number of amides is 1. The van der Waals surface area contributed by atoms with Gasteiger partial charge in [0.15, 0.2) is 0 Å². The Bertz CT molecular complexity index is 1070. The highest BCUT2D eigenvalue weighted by atomic mass is 35.5. The lowest BCUT2D eigenvalue weighted by Gasteiger charge is -2.32. The van der Waals surface area contributed by atoms with Crippen LogP contribution in [-0.2, 0) is 21.4 Å². The highest BCUT2D eigenvalue weighted by Crippen LogP contribution is 2.34. The molecule has 0 saturated carbocycles. The molecule has 32 heavy (non-hydrogen) atoms. The molecule has 0 spiro atoms. The van der Waals surface area contributed by atoms with Gasteiger partial charge in [-0.25, -0.2) is 13.1 Å². The van der Waals surface area contributed by atoms with Gasteiger partial charge in [0.05, 0.1) is 10.6 Å². The van der Waals surface area contributed by atoms with Gasteiger partial charge in [0, 0.05) is 34.7 Å². The lowest BCUT2D eigenvalue weighted by Crippen LogP contribution is -2.38. The van der Waals surface area contributed by atoms with Gasteiger partial charge in [0.25, 0.3) is 0 Å². The first-order valence-electron chi connectivity index (χ1n) is 10.8. The van der Waals surface area contributed by atoms with Crippen molar-refractivity contribution in [1.29, 1.82) is 0 Å². The standard InChI is InChI=1S/C23H28ClN3O3S2/c1-16-15-31-22-7-6-20(12-21(22)26-23(16)28)32(29,30)25-13-17-8-10-27(11-9-17)14-18-2-4-19(24)5-3-18/h2-7,12,16-17,25H,8-11,13-15H2,1H3,(H,26,28). The maximum atomic E-state index is 12.9. The zero-order chi connectivity index (χ0) is 22.7. The number of sulfonamides is 1. The second kappa shape index (κ2) is 10.1. The summed E-state index contributed by atoms with van der Waals surface area (Å²) in [6.07, 6.45) is 1.90. The van der Waals surface area contributed by atoms with E-state index in [2.05, 4.69) is 14.9 Å². The Balaban J connectivity index is 1.31. The molecule has 1 atom stereocenters. The Morgan fingerprint density at radius 3 is 2.59 bits per heavy atom. The molecular formula is C23H28ClN3O3S2. The number of hydrogen-bond donors (Lipinski definition) is 2.